The summed E-state index contributed by atoms with van der Waals surface area (Å²) in [5.74, 6) is 0.494. The van der Waals surface area contributed by atoms with Gasteiger partial charge >= 0.3 is 0 Å². The minimum atomic E-state index is -0.132. The lowest BCUT2D eigenvalue weighted by molar-refractivity contribution is 0.0687. The zero-order valence-corrected chi connectivity index (χ0v) is 12.5. The second kappa shape index (κ2) is 6.95. The highest BCUT2D eigenvalue weighted by molar-refractivity contribution is 6.31. The number of carbonyl (C=O) groups excluding carboxylic acids is 1. The lowest BCUT2D eigenvalue weighted by Crippen LogP contribution is -2.40. The molecule has 0 unspecified atom stereocenters. The number of phenolic OH excluding ortho intramolecular Hbond substituents is 1. The number of halogens is 1. The average Bonchev–Trinajstić information content (AvgIpc) is 2.47. The zero-order chi connectivity index (χ0) is 14.5. The molecule has 4 nitrogen and oxygen atoms in total. The third-order valence-corrected chi connectivity index (χ3v) is 4.01. The fourth-order valence-electron chi connectivity index (χ4n) is 2.54. The molecule has 20 heavy (non-hydrogen) atoms. The van der Waals surface area contributed by atoms with Crippen LogP contribution in [0.1, 0.15) is 30.1 Å². The summed E-state index contributed by atoms with van der Waals surface area (Å²) >= 11 is 5.89. The zero-order valence-electron chi connectivity index (χ0n) is 11.7. The number of likely N-dealkylation sites (tertiary alicyclic amines) is 1. The lowest BCUT2D eigenvalue weighted by atomic mass is 9.96. The lowest BCUT2D eigenvalue weighted by Gasteiger charge is -2.32. The van der Waals surface area contributed by atoms with Crippen LogP contribution in [-0.2, 0) is 0 Å². The van der Waals surface area contributed by atoms with Crippen LogP contribution < -0.4 is 5.32 Å². The topological polar surface area (TPSA) is 52.6 Å². The van der Waals surface area contributed by atoms with E-state index in [-0.39, 0.29) is 11.7 Å². The van der Waals surface area contributed by atoms with Crippen LogP contribution in [0.4, 0.5) is 0 Å². The second-order valence-corrected chi connectivity index (χ2v) is 5.64. The first kappa shape index (κ1) is 15.1. The van der Waals surface area contributed by atoms with Gasteiger partial charge in [-0.15, -0.1) is 0 Å². The number of rotatable bonds is 4. The van der Waals surface area contributed by atoms with Gasteiger partial charge in [-0.1, -0.05) is 18.5 Å². The molecule has 1 aliphatic heterocycles. The summed E-state index contributed by atoms with van der Waals surface area (Å²) in [5, 5.41) is 13.6. The molecule has 0 aliphatic carbocycles. The van der Waals surface area contributed by atoms with E-state index < -0.39 is 0 Å². The molecule has 1 aromatic rings. The number of benzene rings is 1. The molecule has 0 atom stereocenters. The molecule has 1 heterocycles. The van der Waals surface area contributed by atoms with E-state index in [1.807, 2.05) is 0 Å². The third kappa shape index (κ3) is 3.64. The maximum atomic E-state index is 12.4. The fraction of sp³-hybridized carbons (Fsp3) is 0.533. The van der Waals surface area contributed by atoms with E-state index >= 15 is 0 Å². The van der Waals surface area contributed by atoms with Gasteiger partial charge in [-0.25, -0.2) is 0 Å². The highest BCUT2D eigenvalue weighted by Gasteiger charge is 2.25. The van der Waals surface area contributed by atoms with Crippen LogP contribution in [0.25, 0.3) is 0 Å². The maximum absolute atomic E-state index is 12.4. The van der Waals surface area contributed by atoms with Crippen molar-refractivity contribution in [2.24, 2.45) is 5.92 Å². The van der Waals surface area contributed by atoms with E-state index in [1.165, 1.54) is 12.1 Å². The molecule has 0 aromatic heterocycles. The molecule has 0 saturated carbocycles. The highest BCUT2D eigenvalue weighted by atomic mass is 35.5. The Hall–Kier alpha value is -1.26. The van der Waals surface area contributed by atoms with Crippen LogP contribution >= 0.6 is 11.6 Å². The second-order valence-electron chi connectivity index (χ2n) is 5.20. The van der Waals surface area contributed by atoms with Gasteiger partial charge in [0.05, 0.1) is 5.56 Å². The van der Waals surface area contributed by atoms with Gasteiger partial charge in [0.1, 0.15) is 5.75 Å². The Morgan fingerprint density at radius 2 is 2.15 bits per heavy atom. The number of nitrogens with one attached hydrogen (secondary N) is 1. The number of nitrogens with zero attached hydrogens (tertiary/aromatic N) is 1. The Morgan fingerprint density at radius 3 is 2.80 bits per heavy atom. The SMILES string of the molecule is CCNCC1CCN(C(=O)c2cc(Cl)ccc2O)CC1. The molecular weight excluding hydrogens is 276 g/mol. The number of piperidine rings is 1. The number of hydrogen-bond acceptors (Lipinski definition) is 3. The number of aromatic hydroxyl groups is 1. The van der Waals surface area contributed by atoms with Gasteiger partial charge in [-0.2, -0.15) is 0 Å². The van der Waals surface area contributed by atoms with Crippen LogP contribution in [0.2, 0.25) is 5.02 Å². The fourth-order valence-corrected chi connectivity index (χ4v) is 2.71. The van der Waals surface area contributed by atoms with Crippen molar-refractivity contribution in [1.82, 2.24) is 10.2 Å². The summed E-state index contributed by atoms with van der Waals surface area (Å²) in [6, 6.07) is 4.58. The summed E-state index contributed by atoms with van der Waals surface area (Å²) < 4.78 is 0. The summed E-state index contributed by atoms with van der Waals surface area (Å²) in [6.45, 7) is 5.57. The monoisotopic (exact) mass is 296 g/mol. The summed E-state index contributed by atoms with van der Waals surface area (Å²) in [6.07, 6.45) is 2.00. The molecule has 2 rings (SSSR count). The van der Waals surface area contributed by atoms with E-state index in [9.17, 15) is 9.90 Å². The normalized spacial score (nSPS) is 16.4. The van der Waals surface area contributed by atoms with Gasteiger partial charge in [0, 0.05) is 18.1 Å². The molecule has 2 N–H and O–H groups in total. The Labute approximate surface area is 124 Å². The molecule has 1 aromatic carbocycles. The predicted molar refractivity (Wildman–Crippen MR) is 80.3 cm³/mol. The van der Waals surface area contributed by atoms with Crippen molar-refractivity contribution in [3.8, 4) is 5.75 Å². The predicted octanol–water partition coefficient (Wildman–Crippen LogP) is 2.51. The van der Waals surface area contributed by atoms with Gasteiger partial charge in [0.2, 0.25) is 0 Å². The van der Waals surface area contributed by atoms with E-state index in [4.69, 9.17) is 11.6 Å². The molecule has 0 spiro atoms. The van der Waals surface area contributed by atoms with Crippen LogP contribution in [-0.4, -0.2) is 42.1 Å². The van der Waals surface area contributed by atoms with Crippen molar-refractivity contribution in [3.63, 3.8) is 0 Å². The smallest absolute Gasteiger partial charge is 0.257 e. The van der Waals surface area contributed by atoms with Crippen molar-refractivity contribution in [2.75, 3.05) is 26.2 Å². The van der Waals surface area contributed by atoms with Gasteiger partial charge < -0.3 is 15.3 Å². The highest BCUT2D eigenvalue weighted by Crippen LogP contribution is 2.25. The number of amides is 1. The van der Waals surface area contributed by atoms with Crippen molar-refractivity contribution in [3.05, 3.63) is 28.8 Å². The van der Waals surface area contributed by atoms with Crippen molar-refractivity contribution >= 4 is 17.5 Å². The first-order valence-electron chi connectivity index (χ1n) is 7.10. The molecule has 110 valence electrons. The standard InChI is InChI=1S/C15H21ClN2O2/c1-2-17-10-11-5-7-18(8-6-11)15(20)13-9-12(16)3-4-14(13)19/h3-4,9,11,17,19H,2,5-8,10H2,1H3. The average molecular weight is 297 g/mol. The quantitative estimate of drug-likeness (QED) is 0.897. The Kier molecular flexibility index (Phi) is 5.26. The molecule has 1 saturated heterocycles. The Morgan fingerprint density at radius 1 is 1.45 bits per heavy atom. The van der Waals surface area contributed by atoms with Crippen molar-refractivity contribution in [1.29, 1.82) is 0 Å². The van der Waals surface area contributed by atoms with Gasteiger partial charge in [0.25, 0.3) is 5.91 Å². The molecular formula is C15H21ClN2O2. The van der Waals surface area contributed by atoms with Crippen LogP contribution in [0.15, 0.2) is 18.2 Å². The van der Waals surface area contributed by atoms with Crippen LogP contribution in [0.5, 0.6) is 5.75 Å². The van der Waals surface area contributed by atoms with Crippen LogP contribution in [0, 0.1) is 5.92 Å². The molecule has 0 radical (unpaired) electrons. The minimum absolute atomic E-state index is 0.00540. The van der Waals surface area contributed by atoms with Crippen LogP contribution in [0.3, 0.4) is 0 Å². The summed E-state index contributed by atoms with van der Waals surface area (Å²) in [4.78, 5) is 14.2. The molecule has 5 heteroatoms. The van der Waals surface area contributed by atoms with Gasteiger partial charge in [-0.3, -0.25) is 4.79 Å². The van der Waals surface area contributed by atoms with E-state index in [0.29, 0.717) is 16.5 Å². The molecule has 1 fully saturated rings. The van der Waals surface area contributed by atoms with E-state index in [1.54, 1.807) is 11.0 Å². The maximum Gasteiger partial charge on any atom is 0.257 e. The largest absolute Gasteiger partial charge is 0.507 e. The van der Waals surface area contributed by atoms with E-state index in [0.717, 1.165) is 39.0 Å². The van der Waals surface area contributed by atoms with Crippen molar-refractivity contribution < 1.29 is 9.90 Å². The molecule has 0 bridgehead atoms. The third-order valence-electron chi connectivity index (χ3n) is 3.77. The molecule has 1 aliphatic rings. The number of hydrogen-bond donors (Lipinski definition) is 2. The number of phenols is 1. The van der Waals surface area contributed by atoms with E-state index in [2.05, 4.69) is 12.2 Å². The Balaban J connectivity index is 1.96. The first-order valence-corrected chi connectivity index (χ1v) is 7.48. The first-order chi connectivity index (χ1) is 9.61. The van der Waals surface area contributed by atoms with Crippen molar-refractivity contribution in [2.45, 2.75) is 19.8 Å². The van der Waals surface area contributed by atoms with Gasteiger partial charge in [-0.05, 0) is 50.0 Å². The minimum Gasteiger partial charge on any atom is -0.507 e. The number of carbonyl (C=O) groups is 1. The molecule has 1 amide bonds. The summed E-state index contributed by atoms with van der Waals surface area (Å²) in [5.41, 5.74) is 0.294. The Bertz CT molecular complexity index is 471. The summed E-state index contributed by atoms with van der Waals surface area (Å²) in [7, 11) is 0. The van der Waals surface area contributed by atoms with Gasteiger partial charge in [0.15, 0.2) is 0 Å².